The van der Waals surface area contributed by atoms with Gasteiger partial charge in [-0.3, -0.25) is 4.79 Å². The molecule has 1 heterocycles. The lowest BCUT2D eigenvalue weighted by Gasteiger charge is -2.25. The highest BCUT2D eigenvalue weighted by Gasteiger charge is 2.44. The monoisotopic (exact) mass is 293 g/mol. The zero-order valence-electron chi connectivity index (χ0n) is 12.1. The summed E-state index contributed by atoms with van der Waals surface area (Å²) in [5, 5.41) is 12.0. The Kier molecular flexibility index (Phi) is 4.47. The highest BCUT2D eigenvalue weighted by atomic mass is 16.5. The molecule has 0 bridgehead atoms. The van der Waals surface area contributed by atoms with Gasteiger partial charge in [-0.2, -0.15) is 0 Å². The minimum Gasteiger partial charge on any atom is -0.497 e. The normalized spacial score (nSPS) is 22.6. The first-order valence-corrected chi connectivity index (χ1v) is 6.75. The van der Waals surface area contributed by atoms with Crippen molar-refractivity contribution in [2.24, 2.45) is 0 Å². The molecule has 2 unspecified atom stereocenters. The Balaban J connectivity index is 2.13. The highest BCUT2D eigenvalue weighted by molar-refractivity contribution is 5.90. The summed E-state index contributed by atoms with van der Waals surface area (Å²) in [6.07, 6.45) is 0.277. The summed E-state index contributed by atoms with van der Waals surface area (Å²) in [5.74, 6) is -1.22. The van der Waals surface area contributed by atoms with Gasteiger partial charge in [0.25, 0.3) is 0 Å². The van der Waals surface area contributed by atoms with Crippen LogP contribution in [0.15, 0.2) is 24.3 Å². The molecule has 1 amide bonds. The third-order valence-electron chi connectivity index (χ3n) is 3.78. The van der Waals surface area contributed by atoms with Crippen molar-refractivity contribution < 1.29 is 24.2 Å². The van der Waals surface area contributed by atoms with Crippen LogP contribution in [-0.2, 0) is 14.3 Å². The maximum absolute atomic E-state index is 12.3. The molecule has 1 aliphatic heterocycles. The number of benzene rings is 1. The van der Waals surface area contributed by atoms with Gasteiger partial charge in [-0.1, -0.05) is 12.1 Å². The van der Waals surface area contributed by atoms with Crippen LogP contribution in [0.2, 0.25) is 0 Å². The van der Waals surface area contributed by atoms with Crippen molar-refractivity contribution >= 4 is 11.9 Å². The smallest absolute Gasteiger partial charge is 0.331 e. The Labute approximate surface area is 123 Å². The second kappa shape index (κ2) is 6.13. The van der Waals surface area contributed by atoms with E-state index in [9.17, 15) is 14.7 Å². The number of carboxylic acids is 1. The van der Waals surface area contributed by atoms with Crippen LogP contribution in [0.1, 0.15) is 24.8 Å². The topological polar surface area (TPSA) is 84.9 Å². The summed E-state index contributed by atoms with van der Waals surface area (Å²) >= 11 is 0. The van der Waals surface area contributed by atoms with E-state index in [0.29, 0.717) is 12.4 Å². The molecule has 0 radical (unpaired) electrons. The van der Waals surface area contributed by atoms with E-state index in [1.54, 1.807) is 32.2 Å². The number of rotatable bonds is 5. The molecule has 6 heteroatoms. The summed E-state index contributed by atoms with van der Waals surface area (Å²) in [5.41, 5.74) is -0.546. The van der Waals surface area contributed by atoms with E-state index in [4.69, 9.17) is 9.47 Å². The van der Waals surface area contributed by atoms with Gasteiger partial charge in [0, 0.05) is 13.0 Å². The van der Waals surface area contributed by atoms with Gasteiger partial charge >= 0.3 is 5.97 Å². The van der Waals surface area contributed by atoms with Crippen molar-refractivity contribution in [2.45, 2.75) is 24.8 Å². The minimum absolute atomic E-state index is 0.00109. The number of methoxy groups -OCH3 is 1. The Morgan fingerprint density at radius 3 is 2.81 bits per heavy atom. The second-order valence-electron chi connectivity index (χ2n) is 5.18. The molecule has 1 fully saturated rings. The molecule has 1 aliphatic rings. The van der Waals surface area contributed by atoms with Crippen molar-refractivity contribution in [3.05, 3.63) is 29.8 Å². The summed E-state index contributed by atoms with van der Waals surface area (Å²) in [7, 11) is 1.55. The predicted octanol–water partition coefficient (Wildman–Crippen LogP) is 1.16. The van der Waals surface area contributed by atoms with Gasteiger partial charge < -0.3 is 19.9 Å². The number of hydrogen-bond donors (Lipinski definition) is 2. The lowest BCUT2D eigenvalue weighted by atomic mass is 9.95. The van der Waals surface area contributed by atoms with Crippen LogP contribution in [-0.4, -0.2) is 42.8 Å². The SMILES string of the molecule is COc1cccc(C(C)C(=O)NC2(C(=O)O)CCOC2)c1. The van der Waals surface area contributed by atoms with Crippen LogP contribution in [0.4, 0.5) is 0 Å². The van der Waals surface area contributed by atoms with Gasteiger partial charge in [0.1, 0.15) is 5.75 Å². The number of carbonyl (C=O) groups excluding carboxylic acids is 1. The molecule has 0 saturated carbocycles. The molecule has 1 aromatic rings. The van der Waals surface area contributed by atoms with Gasteiger partial charge in [-0.05, 0) is 24.6 Å². The second-order valence-corrected chi connectivity index (χ2v) is 5.18. The molecule has 0 aromatic heterocycles. The highest BCUT2D eigenvalue weighted by Crippen LogP contribution is 2.24. The average Bonchev–Trinajstić information content (AvgIpc) is 2.96. The van der Waals surface area contributed by atoms with Crippen LogP contribution < -0.4 is 10.1 Å². The van der Waals surface area contributed by atoms with Gasteiger partial charge in [-0.25, -0.2) is 4.79 Å². The number of ether oxygens (including phenoxy) is 2. The summed E-state index contributed by atoms with van der Waals surface area (Å²) in [6, 6.07) is 7.16. The summed E-state index contributed by atoms with van der Waals surface area (Å²) in [4.78, 5) is 23.7. The number of nitrogens with one attached hydrogen (secondary N) is 1. The van der Waals surface area contributed by atoms with Crippen LogP contribution in [0.5, 0.6) is 5.75 Å². The van der Waals surface area contributed by atoms with Crippen molar-refractivity contribution in [1.82, 2.24) is 5.32 Å². The van der Waals surface area contributed by atoms with Crippen LogP contribution in [0.3, 0.4) is 0 Å². The molecule has 114 valence electrons. The summed E-state index contributed by atoms with van der Waals surface area (Å²) in [6.45, 7) is 2.06. The molecule has 0 spiro atoms. The minimum atomic E-state index is -1.32. The van der Waals surface area contributed by atoms with E-state index in [1.807, 2.05) is 6.07 Å². The van der Waals surface area contributed by atoms with Gasteiger partial charge in [0.2, 0.25) is 5.91 Å². The molecule has 21 heavy (non-hydrogen) atoms. The Morgan fingerprint density at radius 1 is 1.48 bits per heavy atom. The molecule has 2 rings (SSSR count). The number of carboxylic acid groups (broad SMARTS) is 1. The zero-order chi connectivity index (χ0) is 15.5. The zero-order valence-corrected chi connectivity index (χ0v) is 12.1. The van der Waals surface area contributed by atoms with Gasteiger partial charge in [0.15, 0.2) is 5.54 Å². The fraction of sp³-hybridized carbons (Fsp3) is 0.467. The van der Waals surface area contributed by atoms with E-state index in [-0.39, 0.29) is 18.9 Å². The molecule has 1 aromatic carbocycles. The van der Waals surface area contributed by atoms with Crippen molar-refractivity contribution in [3.63, 3.8) is 0 Å². The number of aliphatic carboxylic acids is 1. The Morgan fingerprint density at radius 2 is 2.24 bits per heavy atom. The molecule has 2 N–H and O–H groups in total. The lowest BCUT2D eigenvalue weighted by Crippen LogP contribution is -2.56. The summed E-state index contributed by atoms with van der Waals surface area (Å²) < 4.78 is 10.3. The molecule has 6 nitrogen and oxygen atoms in total. The maximum Gasteiger partial charge on any atom is 0.331 e. The molecular formula is C15H19NO5. The molecule has 2 atom stereocenters. The van der Waals surface area contributed by atoms with E-state index in [1.165, 1.54) is 0 Å². The van der Waals surface area contributed by atoms with Crippen molar-refractivity contribution in [3.8, 4) is 5.75 Å². The average molecular weight is 293 g/mol. The molecular weight excluding hydrogens is 274 g/mol. The van der Waals surface area contributed by atoms with Gasteiger partial charge in [0.05, 0.1) is 19.6 Å². The standard InChI is InChI=1S/C15H19NO5/c1-10(11-4-3-5-12(8-11)20-2)13(17)16-15(14(18)19)6-7-21-9-15/h3-5,8,10H,6-7,9H2,1-2H3,(H,16,17)(H,18,19). The van der Waals surface area contributed by atoms with E-state index < -0.39 is 17.4 Å². The number of hydrogen-bond acceptors (Lipinski definition) is 4. The quantitative estimate of drug-likeness (QED) is 0.851. The fourth-order valence-corrected chi connectivity index (χ4v) is 2.29. The van der Waals surface area contributed by atoms with E-state index >= 15 is 0 Å². The van der Waals surface area contributed by atoms with Gasteiger partial charge in [-0.15, -0.1) is 0 Å². The van der Waals surface area contributed by atoms with E-state index in [0.717, 1.165) is 5.56 Å². The molecule has 0 aliphatic carbocycles. The van der Waals surface area contributed by atoms with Crippen LogP contribution >= 0.6 is 0 Å². The third-order valence-corrected chi connectivity index (χ3v) is 3.78. The first kappa shape index (κ1) is 15.3. The largest absolute Gasteiger partial charge is 0.497 e. The Bertz CT molecular complexity index is 537. The maximum atomic E-state index is 12.3. The fourth-order valence-electron chi connectivity index (χ4n) is 2.29. The number of amides is 1. The van der Waals surface area contributed by atoms with Crippen molar-refractivity contribution in [1.29, 1.82) is 0 Å². The van der Waals surface area contributed by atoms with Crippen molar-refractivity contribution in [2.75, 3.05) is 20.3 Å². The third kappa shape index (κ3) is 3.16. The number of carbonyl (C=O) groups is 2. The van der Waals surface area contributed by atoms with E-state index in [2.05, 4.69) is 5.32 Å². The predicted molar refractivity (Wildman–Crippen MR) is 75.4 cm³/mol. The van der Waals surface area contributed by atoms with Crippen LogP contribution in [0.25, 0.3) is 0 Å². The first-order chi connectivity index (χ1) is 9.98. The first-order valence-electron chi connectivity index (χ1n) is 6.75. The molecule has 1 saturated heterocycles. The Hall–Kier alpha value is -2.08. The van der Waals surface area contributed by atoms with Crippen LogP contribution in [0, 0.1) is 0 Å². The lowest BCUT2D eigenvalue weighted by molar-refractivity contribution is -0.147.